The fourth-order valence-corrected chi connectivity index (χ4v) is 2.66. The number of hydrogen-bond acceptors (Lipinski definition) is 3. The molecule has 2 heterocycles. The van der Waals surface area contributed by atoms with Gasteiger partial charge in [0.1, 0.15) is 5.82 Å². The van der Waals surface area contributed by atoms with Crippen LogP contribution >= 0.6 is 0 Å². The van der Waals surface area contributed by atoms with Crippen LogP contribution in [0.25, 0.3) is 0 Å². The fourth-order valence-electron chi connectivity index (χ4n) is 2.66. The normalized spacial score (nSPS) is 18.8. The lowest BCUT2D eigenvalue weighted by Gasteiger charge is -2.39. The Balaban J connectivity index is 2.07. The van der Waals surface area contributed by atoms with Crippen molar-refractivity contribution in [2.45, 2.75) is 25.8 Å². The molecule has 110 valence electrons. The number of anilines is 1. The molecule has 1 aliphatic heterocycles. The Morgan fingerprint density at radius 3 is 2.75 bits per heavy atom. The first-order valence-electron chi connectivity index (χ1n) is 7.11. The summed E-state index contributed by atoms with van der Waals surface area (Å²) in [7, 11) is 5.48. The van der Waals surface area contributed by atoms with Gasteiger partial charge in [0.15, 0.2) is 0 Å². The maximum absolute atomic E-state index is 12.1. The molecule has 1 saturated heterocycles. The van der Waals surface area contributed by atoms with E-state index in [0.717, 1.165) is 37.4 Å². The van der Waals surface area contributed by atoms with Gasteiger partial charge in [-0.1, -0.05) is 6.07 Å². The standard InChI is InChI=1S/C15H24N4O/c1-12-7-5-9-14(16-12)19-10-6-8-13(11-19)18(4)15(20)17(2)3/h5,7,9,13H,6,8,10-11H2,1-4H3. The van der Waals surface area contributed by atoms with Crippen molar-refractivity contribution < 1.29 is 4.79 Å². The Labute approximate surface area is 121 Å². The van der Waals surface area contributed by atoms with Gasteiger partial charge in [-0.05, 0) is 31.9 Å². The lowest BCUT2D eigenvalue weighted by molar-refractivity contribution is 0.157. The molecule has 1 aromatic heterocycles. The molecular formula is C15H24N4O. The Hall–Kier alpha value is -1.78. The molecule has 5 nitrogen and oxygen atoms in total. The van der Waals surface area contributed by atoms with Crippen molar-refractivity contribution in [3.05, 3.63) is 23.9 Å². The largest absolute Gasteiger partial charge is 0.355 e. The van der Waals surface area contributed by atoms with Gasteiger partial charge in [-0.15, -0.1) is 0 Å². The molecular weight excluding hydrogens is 252 g/mol. The number of piperidine rings is 1. The van der Waals surface area contributed by atoms with Gasteiger partial charge in [0, 0.05) is 39.9 Å². The van der Waals surface area contributed by atoms with Crippen LogP contribution in [0.2, 0.25) is 0 Å². The van der Waals surface area contributed by atoms with Crippen molar-refractivity contribution >= 4 is 11.8 Å². The lowest BCUT2D eigenvalue weighted by atomic mass is 10.0. The molecule has 0 spiro atoms. The van der Waals surface area contributed by atoms with Crippen LogP contribution < -0.4 is 4.90 Å². The summed E-state index contributed by atoms with van der Waals surface area (Å²) < 4.78 is 0. The number of hydrogen-bond donors (Lipinski definition) is 0. The first kappa shape index (κ1) is 14.6. The van der Waals surface area contributed by atoms with Crippen LogP contribution in [0.3, 0.4) is 0 Å². The molecule has 1 unspecified atom stereocenters. The van der Waals surface area contributed by atoms with Gasteiger partial charge in [0.25, 0.3) is 0 Å². The highest BCUT2D eigenvalue weighted by atomic mass is 16.2. The smallest absolute Gasteiger partial charge is 0.319 e. The van der Waals surface area contributed by atoms with E-state index in [1.807, 2.05) is 37.1 Å². The molecule has 1 fully saturated rings. The van der Waals surface area contributed by atoms with E-state index in [1.165, 1.54) is 0 Å². The zero-order valence-corrected chi connectivity index (χ0v) is 12.8. The van der Waals surface area contributed by atoms with Crippen LogP contribution in [0.15, 0.2) is 18.2 Å². The third-order valence-corrected chi connectivity index (χ3v) is 3.83. The molecule has 0 bridgehead atoms. The summed E-state index contributed by atoms with van der Waals surface area (Å²) in [5.41, 5.74) is 1.03. The van der Waals surface area contributed by atoms with Gasteiger partial charge >= 0.3 is 6.03 Å². The van der Waals surface area contributed by atoms with Crippen molar-refractivity contribution in [2.24, 2.45) is 0 Å². The summed E-state index contributed by atoms with van der Waals surface area (Å²) in [6.07, 6.45) is 2.14. The molecule has 0 aliphatic carbocycles. The van der Waals surface area contributed by atoms with Crippen LogP contribution in [0, 0.1) is 6.92 Å². The van der Waals surface area contributed by atoms with E-state index in [0.29, 0.717) is 0 Å². The molecule has 1 aromatic rings. The number of carbonyl (C=O) groups excluding carboxylic acids is 1. The second-order valence-corrected chi connectivity index (χ2v) is 5.67. The van der Waals surface area contributed by atoms with Gasteiger partial charge in [-0.2, -0.15) is 0 Å². The van der Waals surface area contributed by atoms with Gasteiger partial charge in [-0.3, -0.25) is 0 Å². The predicted molar refractivity (Wildman–Crippen MR) is 81.1 cm³/mol. The Morgan fingerprint density at radius 2 is 2.10 bits per heavy atom. The molecule has 0 saturated carbocycles. The van der Waals surface area contributed by atoms with Crippen LogP contribution in [-0.2, 0) is 0 Å². The highest BCUT2D eigenvalue weighted by Crippen LogP contribution is 2.21. The number of aryl methyl sites for hydroxylation is 1. The molecule has 0 radical (unpaired) electrons. The second kappa shape index (κ2) is 6.11. The van der Waals surface area contributed by atoms with Crippen LogP contribution in [-0.4, -0.2) is 61.1 Å². The van der Waals surface area contributed by atoms with Gasteiger partial charge < -0.3 is 14.7 Å². The monoisotopic (exact) mass is 276 g/mol. The van der Waals surface area contributed by atoms with E-state index in [2.05, 4.69) is 9.88 Å². The van der Waals surface area contributed by atoms with Crippen molar-refractivity contribution in [3.63, 3.8) is 0 Å². The van der Waals surface area contributed by atoms with E-state index in [4.69, 9.17) is 0 Å². The summed E-state index contributed by atoms with van der Waals surface area (Å²) in [6.45, 7) is 3.87. The molecule has 2 rings (SSSR count). The molecule has 1 atom stereocenters. The average Bonchev–Trinajstić information content (AvgIpc) is 2.45. The summed E-state index contributed by atoms with van der Waals surface area (Å²) in [5, 5.41) is 0. The summed E-state index contributed by atoms with van der Waals surface area (Å²) >= 11 is 0. The highest BCUT2D eigenvalue weighted by molar-refractivity contribution is 5.74. The summed E-state index contributed by atoms with van der Waals surface area (Å²) in [4.78, 5) is 22.4. The topological polar surface area (TPSA) is 39.7 Å². The van der Waals surface area contributed by atoms with E-state index < -0.39 is 0 Å². The van der Waals surface area contributed by atoms with E-state index in [-0.39, 0.29) is 12.1 Å². The number of urea groups is 1. The summed E-state index contributed by atoms with van der Waals surface area (Å²) in [5.74, 6) is 1.01. The number of pyridine rings is 1. The third kappa shape index (κ3) is 3.21. The number of aromatic nitrogens is 1. The van der Waals surface area contributed by atoms with E-state index in [1.54, 1.807) is 19.0 Å². The highest BCUT2D eigenvalue weighted by Gasteiger charge is 2.27. The van der Waals surface area contributed by atoms with Gasteiger partial charge in [0.2, 0.25) is 0 Å². The van der Waals surface area contributed by atoms with Crippen LogP contribution in [0.1, 0.15) is 18.5 Å². The molecule has 5 heteroatoms. The van der Waals surface area contributed by atoms with E-state index >= 15 is 0 Å². The third-order valence-electron chi connectivity index (χ3n) is 3.83. The minimum Gasteiger partial charge on any atom is -0.355 e. The fraction of sp³-hybridized carbons (Fsp3) is 0.600. The summed E-state index contributed by atoms with van der Waals surface area (Å²) in [6, 6.07) is 6.40. The Kier molecular flexibility index (Phi) is 4.47. The first-order chi connectivity index (χ1) is 9.49. The number of rotatable bonds is 2. The maximum atomic E-state index is 12.1. The van der Waals surface area contributed by atoms with Crippen molar-refractivity contribution in [2.75, 3.05) is 39.1 Å². The number of nitrogens with zero attached hydrogens (tertiary/aromatic N) is 4. The Bertz CT molecular complexity index is 475. The van der Waals surface area contributed by atoms with Gasteiger partial charge in [-0.25, -0.2) is 9.78 Å². The van der Waals surface area contributed by atoms with Crippen molar-refractivity contribution in [3.8, 4) is 0 Å². The molecule has 20 heavy (non-hydrogen) atoms. The minimum absolute atomic E-state index is 0.0639. The zero-order chi connectivity index (χ0) is 14.7. The number of amides is 2. The zero-order valence-electron chi connectivity index (χ0n) is 12.8. The Morgan fingerprint density at radius 1 is 1.35 bits per heavy atom. The number of likely N-dealkylation sites (N-methyl/N-ethyl adjacent to an activating group) is 1. The maximum Gasteiger partial charge on any atom is 0.319 e. The van der Waals surface area contributed by atoms with Crippen LogP contribution in [0.5, 0.6) is 0 Å². The molecule has 0 N–H and O–H groups in total. The quantitative estimate of drug-likeness (QED) is 0.829. The molecule has 1 aliphatic rings. The molecule has 0 aromatic carbocycles. The van der Waals surface area contributed by atoms with Crippen molar-refractivity contribution in [1.82, 2.24) is 14.8 Å². The minimum atomic E-state index is 0.0639. The lowest BCUT2D eigenvalue weighted by Crippen LogP contribution is -2.51. The predicted octanol–water partition coefficient (Wildman–Crippen LogP) is 1.97. The second-order valence-electron chi connectivity index (χ2n) is 5.67. The SMILES string of the molecule is Cc1cccc(N2CCCC(N(C)C(=O)N(C)C)C2)n1. The van der Waals surface area contributed by atoms with E-state index in [9.17, 15) is 4.79 Å². The number of carbonyl (C=O) groups is 1. The van der Waals surface area contributed by atoms with Crippen molar-refractivity contribution in [1.29, 1.82) is 0 Å². The molecule has 2 amide bonds. The first-order valence-corrected chi connectivity index (χ1v) is 7.11. The average molecular weight is 276 g/mol. The van der Waals surface area contributed by atoms with Gasteiger partial charge in [0.05, 0.1) is 6.04 Å². The van der Waals surface area contributed by atoms with Crippen LogP contribution in [0.4, 0.5) is 10.6 Å².